The molecule has 0 bridgehead atoms. The molecule has 1 amide bonds. The minimum Gasteiger partial charge on any atom is -0.352 e. The molecular formula is C25H30F3N5O. The van der Waals surface area contributed by atoms with E-state index in [0.29, 0.717) is 48.2 Å². The van der Waals surface area contributed by atoms with E-state index < -0.39 is 11.7 Å². The number of nitrogens with zero attached hydrogens (tertiary/aromatic N) is 5. The van der Waals surface area contributed by atoms with Crippen molar-refractivity contribution in [3.05, 3.63) is 52.5 Å². The number of piperidine rings is 1. The van der Waals surface area contributed by atoms with Crippen molar-refractivity contribution in [2.24, 2.45) is 0 Å². The minimum absolute atomic E-state index is 0.0854. The van der Waals surface area contributed by atoms with Crippen molar-refractivity contribution in [3.63, 3.8) is 0 Å². The number of fused-ring (bicyclic) bond motifs is 1. The predicted octanol–water partition coefficient (Wildman–Crippen LogP) is 4.07. The van der Waals surface area contributed by atoms with Crippen LogP contribution in [0.2, 0.25) is 0 Å². The molecule has 0 N–H and O–H groups in total. The second-order valence-electron chi connectivity index (χ2n) is 9.59. The molecule has 0 spiro atoms. The maximum Gasteiger partial charge on any atom is 0.416 e. The Morgan fingerprint density at radius 3 is 2.44 bits per heavy atom. The molecule has 1 aromatic carbocycles. The van der Waals surface area contributed by atoms with Crippen LogP contribution >= 0.6 is 0 Å². The normalized spacial score (nSPS) is 20.0. The molecule has 3 aliphatic rings. The monoisotopic (exact) mass is 473 g/mol. The SMILES string of the molecule is Cc1c(C(=O)N2CCC(N3CCCC3)CC2)ncnc1N1CCc2ccc(C(F)(F)F)cc2C1. The lowest BCUT2D eigenvalue weighted by Gasteiger charge is -2.37. The van der Waals surface area contributed by atoms with Crippen LogP contribution in [0.4, 0.5) is 19.0 Å². The van der Waals surface area contributed by atoms with E-state index in [4.69, 9.17) is 0 Å². The maximum atomic E-state index is 13.3. The molecule has 3 aliphatic heterocycles. The van der Waals surface area contributed by atoms with Gasteiger partial charge >= 0.3 is 6.18 Å². The summed E-state index contributed by atoms with van der Waals surface area (Å²) in [5.74, 6) is 0.533. The van der Waals surface area contributed by atoms with Crippen LogP contribution in [0.5, 0.6) is 0 Å². The summed E-state index contributed by atoms with van der Waals surface area (Å²) < 4.78 is 39.6. The van der Waals surface area contributed by atoms with E-state index in [1.807, 2.05) is 16.7 Å². The van der Waals surface area contributed by atoms with Crippen molar-refractivity contribution in [2.75, 3.05) is 37.6 Å². The zero-order chi connectivity index (χ0) is 23.9. The number of carbonyl (C=O) groups is 1. The van der Waals surface area contributed by atoms with Gasteiger partial charge < -0.3 is 14.7 Å². The van der Waals surface area contributed by atoms with Gasteiger partial charge in [0.25, 0.3) is 5.91 Å². The fraction of sp³-hybridized carbons (Fsp3) is 0.560. The standard InChI is InChI=1S/C25H30F3N5O/c1-17-22(24(34)32-12-7-21(8-13-32)31-9-2-3-10-31)29-16-30-23(17)33-11-6-18-4-5-20(25(26,27)28)14-19(18)15-33/h4-5,14,16,21H,2-3,6-13,15H2,1H3. The fourth-order valence-corrected chi connectivity index (χ4v) is 5.58. The summed E-state index contributed by atoms with van der Waals surface area (Å²) in [7, 11) is 0. The maximum absolute atomic E-state index is 13.3. The third-order valence-corrected chi connectivity index (χ3v) is 7.51. The molecule has 6 nitrogen and oxygen atoms in total. The molecule has 1 aromatic heterocycles. The second kappa shape index (κ2) is 9.17. The summed E-state index contributed by atoms with van der Waals surface area (Å²) in [4.78, 5) is 28.4. The van der Waals surface area contributed by atoms with E-state index in [-0.39, 0.29) is 5.91 Å². The number of anilines is 1. The lowest BCUT2D eigenvalue weighted by molar-refractivity contribution is -0.137. The summed E-state index contributed by atoms with van der Waals surface area (Å²) in [6, 6.07) is 4.51. The molecule has 0 radical (unpaired) electrons. The first-order valence-electron chi connectivity index (χ1n) is 12.1. The summed E-state index contributed by atoms with van der Waals surface area (Å²) in [5, 5.41) is 0. The molecule has 0 aliphatic carbocycles. The van der Waals surface area contributed by atoms with Gasteiger partial charge in [0.2, 0.25) is 0 Å². The van der Waals surface area contributed by atoms with E-state index in [1.165, 1.54) is 25.2 Å². The van der Waals surface area contributed by atoms with Gasteiger partial charge in [0.05, 0.1) is 5.56 Å². The van der Waals surface area contributed by atoms with Crippen molar-refractivity contribution in [1.82, 2.24) is 19.8 Å². The van der Waals surface area contributed by atoms with Gasteiger partial charge in [-0.3, -0.25) is 4.79 Å². The highest BCUT2D eigenvalue weighted by Gasteiger charge is 2.33. The van der Waals surface area contributed by atoms with Gasteiger partial charge in [0.15, 0.2) is 0 Å². The number of hydrogen-bond acceptors (Lipinski definition) is 5. The lowest BCUT2D eigenvalue weighted by Crippen LogP contribution is -2.46. The number of likely N-dealkylation sites (tertiary alicyclic amines) is 2. The van der Waals surface area contributed by atoms with Gasteiger partial charge in [-0.25, -0.2) is 9.97 Å². The molecule has 182 valence electrons. The van der Waals surface area contributed by atoms with Gasteiger partial charge in [-0.05, 0) is 75.4 Å². The van der Waals surface area contributed by atoms with E-state index in [0.717, 1.165) is 50.7 Å². The quantitative estimate of drug-likeness (QED) is 0.673. The van der Waals surface area contributed by atoms with Gasteiger partial charge in [-0.15, -0.1) is 0 Å². The third-order valence-electron chi connectivity index (χ3n) is 7.51. The van der Waals surface area contributed by atoms with E-state index >= 15 is 0 Å². The smallest absolute Gasteiger partial charge is 0.352 e. The Bertz CT molecular complexity index is 1060. The van der Waals surface area contributed by atoms with Crippen molar-refractivity contribution in [1.29, 1.82) is 0 Å². The molecule has 4 heterocycles. The molecule has 2 fully saturated rings. The Kier molecular flexibility index (Phi) is 6.22. The van der Waals surface area contributed by atoms with Gasteiger partial charge in [0, 0.05) is 37.8 Å². The third kappa shape index (κ3) is 4.50. The van der Waals surface area contributed by atoms with Crippen LogP contribution in [0, 0.1) is 6.92 Å². The Balaban J connectivity index is 1.31. The first-order valence-corrected chi connectivity index (χ1v) is 12.1. The first-order chi connectivity index (χ1) is 16.3. The summed E-state index contributed by atoms with van der Waals surface area (Å²) in [6.07, 6.45) is 2.14. The van der Waals surface area contributed by atoms with Gasteiger partial charge in [0.1, 0.15) is 17.8 Å². The number of aromatic nitrogens is 2. The summed E-state index contributed by atoms with van der Waals surface area (Å²) in [6.45, 7) is 6.55. The highest BCUT2D eigenvalue weighted by molar-refractivity contribution is 5.94. The average Bonchev–Trinajstić information content (AvgIpc) is 3.38. The summed E-state index contributed by atoms with van der Waals surface area (Å²) in [5.41, 5.74) is 2.01. The van der Waals surface area contributed by atoms with Crippen LogP contribution in [0.3, 0.4) is 0 Å². The molecular weight excluding hydrogens is 443 g/mol. The number of halogens is 3. The highest BCUT2D eigenvalue weighted by atomic mass is 19.4. The molecule has 0 unspecified atom stereocenters. The number of rotatable bonds is 3. The molecule has 2 saturated heterocycles. The number of alkyl halides is 3. The van der Waals surface area contributed by atoms with Crippen molar-refractivity contribution in [2.45, 2.75) is 57.8 Å². The van der Waals surface area contributed by atoms with Crippen molar-refractivity contribution >= 4 is 11.7 Å². The number of hydrogen-bond donors (Lipinski definition) is 0. The Labute approximate surface area is 197 Å². The molecule has 0 saturated carbocycles. The molecule has 5 rings (SSSR count). The number of amides is 1. The van der Waals surface area contributed by atoms with Gasteiger partial charge in [-0.2, -0.15) is 13.2 Å². The Morgan fingerprint density at radius 1 is 1.00 bits per heavy atom. The first kappa shape index (κ1) is 23.1. The van der Waals surface area contributed by atoms with Crippen LogP contribution in [0.1, 0.15) is 58.4 Å². The average molecular weight is 474 g/mol. The van der Waals surface area contributed by atoms with Crippen LogP contribution in [0.25, 0.3) is 0 Å². The molecule has 0 atom stereocenters. The fourth-order valence-electron chi connectivity index (χ4n) is 5.58. The number of benzene rings is 1. The lowest BCUT2D eigenvalue weighted by atomic mass is 9.96. The van der Waals surface area contributed by atoms with E-state index in [1.54, 1.807) is 6.07 Å². The van der Waals surface area contributed by atoms with Gasteiger partial charge in [-0.1, -0.05) is 6.07 Å². The number of carbonyl (C=O) groups excluding carboxylic acids is 1. The van der Waals surface area contributed by atoms with Crippen LogP contribution in [-0.4, -0.2) is 64.4 Å². The van der Waals surface area contributed by atoms with Crippen molar-refractivity contribution < 1.29 is 18.0 Å². The largest absolute Gasteiger partial charge is 0.416 e. The Morgan fingerprint density at radius 2 is 1.74 bits per heavy atom. The zero-order valence-corrected chi connectivity index (χ0v) is 19.4. The van der Waals surface area contributed by atoms with Crippen LogP contribution in [0.15, 0.2) is 24.5 Å². The molecule has 9 heteroatoms. The van der Waals surface area contributed by atoms with Crippen molar-refractivity contribution in [3.8, 4) is 0 Å². The topological polar surface area (TPSA) is 52.6 Å². The second-order valence-corrected chi connectivity index (χ2v) is 9.59. The molecule has 2 aromatic rings. The van der Waals surface area contributed by atoms with Crippen LogP contribution < -0.4 is 4.90 Å². The highest BCUT2D eigenvalue weighted by Crippen LogP contribution is 2.33. The summed E-state index contributed by atoms with van der Waals surface area (Å²) >= 11 is 0. The molecule has 34 heavy (non-hydrogen) atoms. The minimum atomic E-state index is -4.37. The predicted molar refractivity (Wildman–Crippen MR) is 123 cm³/mol. The van der Waals surface area contributed by atoms with E-state index in [2.05, 4.69) is 14.9 Å². The van der Waals surface area contributed by atoms with E-state index in [9.17, 15) is 18.0 Å². The Hall–Kier alpha value is -2.68. The zero-order valence-electron chi connectivity index (χ0n) is 19.4. The van der Waals surface area contributed by atoms with Crippen LogP contribution in [-0.2, 0) is 19.1 Å².